The van der Waals surface area contributed by atoms with E-state index in [1.165, 1.54) is 30.3 Å². The van der Waals surface area contributed by atoms with Crippen molar-refractivity contribution in [1.82, 2.24) is 5.32 Å². The second kappa shape index (κ2) is 6.78. The van der Waals surface area contributed by atoms with Crippen LogP contribution in [-0.4, -0.2) is 34.2 Å². The van der Waals surface area contributed by atoms with Gasteiger partial charge in [-0.15, -0.1) is 0 Å². The minimum atomic E-state index is -3.82. The molecule has 0 radical (unpaired) electrons. The number of hydrogen-bond donors (Lipinski definition) is 1. The summed E-state index contributed by atoms with van der Waals surface area (Å²) >= 11 is 0. The van der Waals surface area contributed by atoms with Crippen LogP contribution in [0.2, 0.25) is 0 Å². The zero-order valence-corrected chi connectivity index (χ0v) is 14.0. The van der Waals surface area contributed by atoms with Gasteiger partial charge in [-0.05, 0) is 36.9 Å². The van der Waals surface area contributed by atoms with Gasteiger partial charge in [0.15, 0.2) is 11.5 Å². The van der Waals surface area contributed by atoms with Crippen molar-refractivity contribution >= 4 is 9.84 Å². The molecule has 0 unspecified atom stereocenters. The lowest BCUT2D eigenvalue weighted by molar-refractivity contribution is 0.0904. The van der Waals surface area contributed by atoms with E-state index in [2.05, 4.69) is 5.32 Å². The lowest BCUT2D eigenvalue weighted by Gasteiger charge is -2.27. The average Bonchev–Trinajstić information content (AvgIpc) is 2.59. The van der Waals surface area contributed by atoms with Gasteiger partial charge in [-0.25, -0.2) is 12.8 Å². The average molecular weight is 351 g/mol. The summed E-state index contributed by atoms with van der Waals surface area (Å²) in [6.45, 7) is 3.80. The highest BCUT2D eigenvalue weighted by Gasteiger charge is 2.25. The van der Waals surface area contributed by atoms with E-state index in [4.69, 9.17) is 9.47 Å². The predicted molar refractivity (Wildman–Crippen MR) is 86.7 cm³/mol. The van der Waals surface area contributed by atoms with Gasteiger partial charge < -0.3 is 14.8 Å². The van der Waals surface area contributed by atoms with E-state index in [1.807, 2.05) is 6.92 Å². The molecule has 0 fully saturated rings. The second-order valence-electron chi connectivity index (χ2n) is 5.43. The summed E-state index contributed by atoms with van der Waals surface area (Å²) in [7, 11) is -3.82. The normalized spacial score (nSPS) is 16.8. The first-order chi connectivity index (χ1) is 11.5. The highest BCUT2D eigenvalue weighted by molar-refractivity contribution is 7.91. The molecule has 0 saturated carbocycles. The fourth-order valence-electron chi connectivity index (χ4n) is 2.44. The van der Waals surface area contributed by atoms with Crippen molar-refractivity contribution in [2.75, 3.05) is 19.7 Å². The topological polar surface area (TPSA) is 64.6 Å². The van der Waals surface area contributed by atoms with Crippen LogP contribution >= 0.6 is 0 Å². The minimum absolute atomic E-state index is 0.0413. The van der Waals surface area contributed by atoms with Crippen molar-refractivity contribution < 1.29 is 22.3 Å². The zero-order chi connectivity index (χ0) is 17.2. The molecule has 7 heteroatoms. The van der Waals surface area contributed by atoms with Gasteiger partial charge in [0.2, 0.25) is 9.84 Å². The second-order valence-corrected chi connectivity index (χ2v) is 7.38. The predicted octanol–water partition coefficient (Wildman–Crippen LogP) is 2.41. The van der Waals surface area contributed by atoms with Gasteiger partial charge in [-0.3, -0.25) is 0 Å². The Balaban J connectivity index is 1.91. The Kier molecular flexibility index (Phi) is 4.73. The number of sulfone groups is 1. The Bertz CT molecular complexity index is 838. The Morgan fingerprint density at radius 2 is 1.96 bits per heavy atom. The van der Waals surface area contributed by atoms with Gasteiger partial charge in [0.05, 0.1) is 9.79 Å². The molecule has 1 heterocycles. The summed E-state index contributed by atoms with van der Waals surface area (Å²) in [6, 6.07) is 9.36. The van der Waals surface area contributed by atoms with Crippen LogP contribution in [0.15, 0.2) is 52.3 Å². The van der Waals surface area contributed by atoms with Gasteiger partial charge in [0, 0.05) is 12.6 Å². The summed E-state index contributed by atoms with van der Waals surface area (Å²) in [5, 5.41) is 3.16. The molecule has 2 aromatic carbocycles. The van der Waals surface area contributed by atoms with E-state index in [1.54, 1.807) is 6.07 Å². The quantitative estimate of drug-likeness (QED) is 0.896. The lowest BCUT2D eigenvalue weighted by atomic mass is 10.2. The maximum Gasteiger partial charge on any atom is 0.206 e. The van der Waals surface area contributed by atoms with E-state index >= 15 is 0 Å². The molecule has 24 heavy (non-hydrogen) atoms. The SMILES string of the molecule is CCNC[C@@H]1COc2ccc(S(=O)(=O)c3cccc(F)c3)cc2O1. The van der Waals surface area contributed by atoms with Crippen molar-refractivity contribution in [1.29, 1.82) is 0 Å². The third-order valence-electron chi connectivity index (χ3n) is 3.67. The van der Waals surface area contributed by atoms with Gasteiger partial charge in [0.25, 0.3) is 0 Å². The number of fused-ring (bicyclic) bond motifs is 1. The van der Waals surface area contributed by atoms with Crippen LogP contribution in [0.4, 0.5) is 4.39 Å². The molecule has 1 atom stereocenters. The number of likely N-dealkylation sites (N-methyl/N-ethyl adjacent to an activating group) is 1. The Hall–Kier alpha value is -2.12. The molecule has 0 aliphatic carbocycles. The first kappa shape index (κ1) is 16.7. The molecule has 0 saturated heterocycles. The maximum absolute atomic E-state index is 13.3. The van der Waals surface area contributed by atoms with Crippen molar-refractivity contribution in [2.45, 2.75) is 22.8 Å². The molecule has 0 bridgehead atoms. The summed E-state index contributed by atoms with van der Waals surface area (Å²) in [6.07, 6.45) is -0.190. The summed E-state index contributed by atoms with van der Waals surface area (Å²) < 4.78 is 50.0. The molecule has 2 aromatic rings. The first-order valence-electron chi connectivity index (χ1n) is 7.65. The molecule has 0 aromatic heterocycles. The van der Waals surface area contributed by atoms with E-state index in [9.17, 15) is 12.8 Å². The molecule has 1 aliphatic rings. The summed E-state index contributed by atoms with van der Waals surface area (Å²) in [5.41, 5.74) is 0. The van der Waals surface area contributed by atoms with Gasteiger partial charge in [0.1, 0.15) is 18.5 Å². The minimum Gasteiger partial charge on any atom is -0.486 e. The number of halogens is 1. The molecule has 5 nitrogen and oxygen atoms in total. The van der Waals surface area contributed by atoms with Gasteiger partial charge in [-0.2, -0.15) is 0 Å². The fraction of sp³-hybridized carbons (Fsp3) is 0.294. The third kappa shape index (κ3) is 3.37. The van der Waals surface area contributed by atoms with Crippen LogP contribution in [0.1, 0.15) is 6.92 Å². The van der Waals surface area contributed by atoms with Gasteiger partial charge in [-0.1, -0.05) is 13.0 Å². The maximum atomic E-state index is 13.3. The van der Waals surface area contributed by atoms with E-state index in [-0.39, 0.29) is 15.9 Å². The van der Waals surface area contributed by atoms with Crippen LogP contribution in [-0.2, 0) is 9.84 Å². The fourth-order valence-corrected chi connectivity index (χ4v) is 3.75. The van der Waals surface area contributed by atoms with E-state index in [0.29, 0.717) is 24.7 Å². The Morgan fingerprint density at radius 1 is 1.17 bits per heavy atom. The van der Waals surface area contributed by atoms with Crippen molar-refractivity contribution in [3.63, 3.8) is 0 Å². The molecule has 1 aliphatic heterocycles. The van der Waals surface area contributed by atoms with Crippen LogP contribution < -0.4 is 14.8 Å². The monoisotopic (exact) mass is 351 g/mol. The summed E-state index contributed by atoms with van der Waals surface area (Å²) in [4.78, 5) is -0.0528. The number of ether oxygens (including phenoxy) is 2. The first-order valence-corrected chi connectivity index (χ1v) is 9.14. The molecular formula is C17H18FNO4S. The lowest BCUT2D eigenvalue weighted by Crippen LogP contribution is -2.38. The Morgan fingerprint density at radius 3 is 2.71 bits per heavy atom. The zero-order valence-electron chi connectivity index (χ0n) is 13.2. The van der Waals surface area contributed by atoms with Crippen molar-refractivity contribution in [3.8, 4) is 11.5 Å². The third-order valence-corrected chi connectivity index (χ3v) is 5.42. The number of benzene rings is 2. The van der Waals surface area contributed by atoms with E-state index < -0.39 is 15.7 Å². The molecule has 3 rings (SSSR count). The summed E-state index contributed by atoms with van der Waals surface area (Å²) in [5.74, 6) is 0.280. The van der Waals surface area contributed by atoms with Crippen molar-refractivity contribution in [3.05, 3.63) is 48.3 Å². The molecular weight excluding hydrogens is 333 g/mol. The van der Waals surface area contributed by atoms with Crippen LogP contribution in [0.3, 0.4) is 0 Å². The van der Waals surface area contributed by atoms with Crippen LogP contribution in [0.5, 0.6) is 11.5 Å². The number of rotatable bonds is 5. The highest BCUT2D eigenvalue weighted by Crippen LogP contribution is 2.35. The van der Waals surface area contributed by atoms with E-state index in [0.717, 1.165) is 12.6 Å². The molecule has 0 spiro atoms. The molecule has 1 N–H and O–H groups in total. The van der Waals surface area contributed by atoms with Crippen LogP contribution in [0, 0.1) is 5.82 Å². The highest BCUT2D eigenvalue weighted by atomic mass is 32.2. The number of nitrogens with one attached hydrogen (secondary N) is 1. The standard InChI is InChI=1S/C17H18FNO4S/c1-2-19-10-13-11-22-16-7-6-15(9-17(16)23-13)24(20,21)14-5-3-4-12(18)8-14/h3-9,13,19H,2,10-11H2,1H3/t13-/m1/s1. The van der Waals surface area contributed by atoms with Crippen molar-refractivity contribution in [2.24, 2.45) is 0 Å². The Labute approximate surface area is 140 Å². The molecule has 128 valence electrons. The molecule has 0 amide bonds. The largest absolute Gasteiger partial charge is 0.486 e. The van der Waals surface area contributed by atoms with Crippen LogP contribution in [0.25, 0.3) is 0 Å². The smallest absolute Gasteiger partial charge is 0.206 e. The number of hydrogen-bond acceptors (Lipinski definition) is 5. The van der Waals surface area contributed by atoms with Gasteiger partial charge >= 0.3 is 0 Å².